The number of hydrogen-bond acceptors (Lipinski definition) is 0. The van der Waals surface area contributed by atoms with Crippen molar-refractivity contribution in [2.45, 2.75) is 26.7 Å². The van der Waals surface area contributed by atoms with Gasteiger partial charge in [0.25, 0.3) is 0 Å². The van der Waals surface area contributed by atoms with Gasteiger partial charge in [0.05, 0.1) is 0 Å². The van der Waals surface area contributed by atoms with Crippen molar-refractivity contribution in [2.75, 3.05) is 0 Å². The largest absolute Gasteiger partial charge is 0.147 e. The third kappa shape index (κ3) is 3.57. The molecule has 0 fully saturated rings. The van der Waals surface area contributed by atoms with E-state index in [1.54, 1.807) is 0 Å². The van der Waals surface area contributed by atoms with Crippen LogP contribution in [0, 0.1) is 0 Å². The number of halogens is 1. The van der Waals surface area contributed by atoms with Crippen LogP contribution in [-0.2, 0) is 12.8 Å². The predicted molar refractivity (Wildman–Crippen MR) is 86.5 cm³/mol. The second-order valence-electron chi connectivity index (χ2n) is 4.15. The maximum atomic E-state index is 2.27. The fourth-order valence-electron chi connectivity index (χ4n) is 2.05. The molecule has 0 unspecified atom stereocenters. The molecule has 0 aromatic heterocycles. The molecular weight excluding hydrogens is 259 g/mol. The van der Waals surface area contributed by atoms with Gasteiger partial charge in [-0.25, -0.2) is 0 Å². The van der Waals surface area contributed by atoms with Crippen LogP contribution < -0.4 is 10.6 Å². The van der Waals surface area contributed by atoms with Gasteiger partial charge >= 0.3 is 0 Å². The minimum atomic E-state index is 0. The first kappa shape index (κ1) is 15.2. The number of hydrogen-bond donors (Lipinski definition) is 0. The van der Waals surface area contributed by atoms with Crippen molar-refractivity contribution in [1.82, 2.24) is 0 Å². The summed E-state index contributed by atoms with van der Waals surface area (Å²) in [6, 6.07) is 17.6. The van der Waals surface area contributed by atoms with Crippen molar-refractivity contribution in [1.29, 1.82) is 0 Å². The SMILES string of the molecule is CCc1ccccc1Pc1ccccc1CC.Cl. The van der Waals surface area contributed by atoms with Crippen molar-refractivity contribution in [2.24, 2.45) is 0 Å². The van der Waals surface area contributed by atoms with Crippen LogP contribution in [0.15, 0.2) is 48.5 Å². The van der Waals surface area contributed by atoms with E-state index >= 15 is 0 Å². The highest BCUT2D eigenvalue weighted by molar-refractivity contribution is 7.55. The molecule has 0 aliphatic rings. The van der Waals surface area contributed by atoms with Gasteiger partial charge in [0, 0.05) is 0 Å². The van der Waals surface area contributed by atoms with E-state index in [0.29, 0.717) is 0 Å². The minimum absolute atomic E-state index is 0. The molecule has 0 amide bonds. The van der Waals surface area contributed by atoms with Crippen LogP contribution in [0.4, 0.5) is 0 Å². The van der Waals surface area contributed by atoms with Crippen LogP contribution in [0.2, 0.25) is 0 Å². The summed E-state index contributed by atoms with van der Waals surface area (Å²) in [4.78, 5) is 0. The van der Waals surface area contributed by atoms with Gasteiger partial charge in [-0.3, -0.25) is 0 Å². The molecule has 2 heteroatoms. The summed E-state index contributed by atoms with van der Waals surface area (Å²) in [6.07, 6.45) is 2.24. The van der Waals surface area contributed by atoms with Gasteiger partial charge in [-0.15, -0.1) is 12.4 Å². The van der Waals surface area contributed by atoms with Crippen LogP contribution in [-0.4, -0.2) is 0 Å². The first-order valence-electron chi connectivity index (χ1n) is 6.28. The molecule has 0 saturated carbocycles. The summed E-state index contributed by atoms with van der Waals surface area (Å²) < 4.78 is 0. The quantitative estimate of drug-likeness (QED) is 0.745. The normalized spacial score (nSPS) is 9.89. The van der Waals surface area contributed by atoms with E-state index < -0.39 is 0 Å². The Morgan fingerprint density at radius 1 is 0.722 bits per heavy atom. The third-order valence-corrected chi connectivity index (χ3v) is 4.58. The van der Waals surface area contributed by atoms with Gasteiger partial charge in [0.1, 0.15) is 0 Å². The lowest BCUT2D eigenvalue weighted by Gasteiger charge is -2.11. The fraction of sp³-hybridized carbons (Fsp3) is 0.250. The number of benzene rings is 2. The Kier molecular flexibility index (Phi) is 6.39. The van der Waals surface area contributed by atoms with E-state index in [1.165, 1.54) is 21.7 Å². The van der Waals surface area contributed by atoms with Crippen molar-refractivity contribution in [3.63, 3.8) is 0 Å². The van der Waals surface area contributed by atoms with E-state index in [2.05, 4.69) is 62.4 Å². The molecule has 0 bridgehead atoms. The smallest absolute Gasteiger partial charge is 0.0194 e. The standard InChI is InChI=1S/C16H19P.ClH/c1-3-13-9-5-7-11-15(13)17-16-12-8-6-10-14(16)4-2;/h5-12,17H,3-4H2,1-2H3;1H. The maximum Gasteiger partial charge on any atom is -0.0194 e. The highest BCUT2D eigenvalue weighted by Gasteiger charge is 2.04. The highest BCUT2D eigenvalue weighted by atomic mass is 35.5. The van der Waals surface area contributed by atoms with Crippen LogP contribution in [0.1, 0.15) is 25.0 Å². The fourth-order valence-corrected chi connectivity index (χ4v) is 3.54. The molecule has 2 aromatic rings. The van der Waals surface area contributed by atoms with E-state index in [1.807, 2.05) is 0 Å². The molecule has 0 spiro atoms. The van der Waals surface area contributed by atoms with E-state index in [9.17, 15) is 0 Å². The zero-order valence-electron chi connectivity index (χ0n) is 10.9. The Morgan fingerprint density at radius 3 is 1.50 bits per heavy atom. The number of rotatable bonds is 4. The van der Waals surface area contributed by atoms with Crippen LogP contribution in [0.25, 0.3) is 0 Å². The first-order chi connectivity index (χ1) is 8.35. The van der Waals surface area contributed by atoms with Crippen molar-refractivity contribution >= 4 is 31.6 Å². The average molecular weight is 279 g/mol. The predicted octanol–water partition coefficient (Wildman–Crippen LogP) is 3.86. The van der Waals surface area contributed by atoms with E-state index in [4.69, 9.17) is 0 Å². The first-order valence-corrected chi connectivity index (χ1v) is 7.28. The van der Waals surface area contributed by atoms with Gasteiger partial charge in [0.15, 0.2) is 0 Å². The molecule has 96 valence electrons. The molecule has 0 N–H and O–H groups in total. The Hall–Kier alpha value is -0.840. The molecule has 0 atom stereocenters. The Labute approximate surface area is 118 Å². The van der Waals surface area contributed by atoms with Gasteiger partial charge in [0.2, 0.25) is 0 Å². The van der Waals surface area contributed by atoms with Gasteiger partial charge in [-0.05, 0) is 34.6 Å². The van der Waals surface area contributed by atoms with Crippen LogP contribution in [0.5, 0.6) is 0 Å². The molecule has 0 nitrogen and oxygen atoms in total. The highest BCUT2D eigenvalue weighted by Crippen LogP contribution is 2.16. The minimum Gasteiger partial charge on any atom is -0.147 e. The molecule has 2 rings (SSSR count). The molecule has 0 radical (unpaired) electrons. The van der Waals surface area contributed by atoms with Gasteiger partial charge in [-0.2, -0.15) is 0 Å². The Balaban J connectivity index is 0.00000162. The van der Waals surface area contributed by atoms with Crippen LogP contribution >= 0.6 is 21.0 Å². The van der Waals surface area contributed by atoms with Crippen molar-refractivity contribution < 1.29 is 0 Å². The van der Waals surface area contributed by atoms with Crippen molar-refractivity contribution in [3.8, 4) is 0 Å². The summed E-state index contributed by atoms with van der Waals surface area (Å²) >= 11 is 0. The molecule has 0 aliphatic carbocycles. The van der Waals surface area contributed by atoms with Gasteiger partial charge in [-0.1, -0.05) is 71.0 Å². The molecule has 2 aromatic carbocycles. The Morgan fingerprint density at radius 2 is 1.11 bits per heavy atom. The maximum absolute atomic E-state index is 2.27. The number of aryl methyl sites for hydroxylation is 2. The lowest BCUT2D eigenvalue weighted by molar-refractivity contribution is 1.15. The van der Waals surface area contributed by atoms with Crippen LogP contribution in [0.3, 0.4) is 0 Å². The molecule has 0 aliphatic heterocycles. The second-order valence-corrected chi connectivity index (χ2v) is 5.47. The lowest BCUT2D eigenvalue weighted by atomic mass is 10.2. The van der Waals surface area contributed by atoms with Crippen molar-refractivity contribution in [3.05, 3.63) is 59.7 Å². The second kappa shape index (κ2) is 7.56. The summed E-state index contributed by atoms with van der Waals surface area (Å²) in [5.74, 6) is 0. The zero-order chi connectivity index (χ0) is 12.1. The summed E-state index contributed by atoms with van der Waals surface area (Å²) in [6.45, 7) is 4.46. The van der Waals surface area contributed by atoms with E-state index in [-0.39, 0.29) is 12.4 Å². The average Bonchev–Trinajstić information content (AvgIpc) is 2.40. The summed E-state index contributed by atoms with van der Waals surface area (Å²) in [5, 5.41) is 2.99. The summed E-state index contributed by atoms with van der Waals surface area (Å²) in [7, 11) is 0.788. The van der Waals surface area contributed by atoms with Gasteiger partial charge < -0.3 is 0 Å². The molecule has 0 heterocycles. The topological polar surface area (TPSA) is 0 Å². The lowest BCUT2D eigenvalue weighted by Crippen LogP contribution is -2.11. The monoisotopic (exact) mass is 278 g/mol. The Bertz CT molecular complexity index is 448. The molecule has 18 heavy (non-hydrogen) atoms. The zero-order valence-corrected chi connectivity index (χ0v) is 12.8. The summed E-state index contributed by atoms with van der Waals surface area (Å²) in [5.41, 5.74) is 2.97. The molecular formula is C16H20ClP. The third-order valence-electron chi connectivity index (χ3n) is 3.07. The molecule has 0 saturated heterocycles. The van der Waals surface area contributed by atoms with E-state index in [0.717, 1.165) is 21.4 Å².